The van der Waals surface area contributed by atoms with Crippen molar-refractivity contribution in [3.8, 4) is 5.75 Å². The van der Waals surface area contributed by atoms with Crippen molar-refractivity contribution in [2.24, 2.45) is 5.73 Å². The van der Waals surface area contributed by atoms with Crippen LogP contribution in [0.4, 0.5) is 14.9 Å². The number of fused-ring (bicyclic) bond motifs is 1. The maximum atomic E-state index is 14.8. The number of hydrogen-bond acceptors (Lipinski definition) is 5. The molecule has 2 heterocycles. The van der Waals surface area contributed by atoms with Crippen molar-refractivity contribution in [1.82, 2.24) is 4.57 Å². The summed E-state index contributed by atoms with van der Waals surface area (Å²) < 4.78 is 21.1. The number of anilines is 1. The third-order valence-electron chi connectivity index (χ3n) is 4.83. The number of benzene rings is 1. The van der Waals surface area contributed by atoms with Gasteiger partial charge in [0, 0.05) is 25.2 Å². The van der Waals surface area contributed by atoms with E-state index in [0.29, 0.717) is 18.6 Å². The molecule has 1 aromatic heterocycles. The van der Waals surface area contributed by atoms with Gasteiger partial charge in [0.15, 0.2) is 5.75 Å². The summed E-state index contributed by atoms with van der Waals surface area (Å²) in [6.45, 7) is 1.06. The number of nitrogens with two attached hydrogens (primary N) is 1. The first-order chi connectivity index (χ1) is 12.4. The fourth-order valence-corrected chi connectivity index (χ4v) is 3.90. The summed E-state index contributed by atoms with van der Waals surface area (Å²) in [4.78, 5) is 25.2. The number of ether oxygens (including phenoxy) is 1. The van der Waals surface area contributed by atoms with E-state index in [2.05, 4.69) is 4.74 Å². The minimum atomic E-state index is -1.60. The first kappa shape index (κ1) is 17.1. The molecule has 0 spiro atoms. The van der Waals surface area contributed by atoms with Crippen molar-refractivity contribution in [2.75, 3.05) is 18.0 Å². The van der Waals surface area contributed by atoms with Gasteiger partial charge in [-0.05, 0) is 25.3 Å². The zero-order valence-electron chi connectivity index (χ0n) is 13.7. The Morgan fingerprint density at radius 2 is 2.12 bits per heavy atom. The third-order valence-corrected chi connectivity index (χ3v) is 5.19. The van der Waals surface area contributed by atoms with E-state index in [9.17, 15) is 14.0 Å². The van der Waals surface area contributed by atoms with Crippen LogP contribution in [0, 0.1) is 5.82 Å². The number of halogens is 2. The highest BCUT2D eigenvalue weighted by atomic mass is 35.5. The first-order valence-corrected chi connectivity index (χ1v) is 8.72. The molecular weight excluding hydrogens is 365 g/mol. The van der Waals surface area contributed by atoms with E-state index in [-0.39, 0.29) is 33.9 Å². The molecule has 2 fully saturated rings. The van der Waals surface area contributed by atoms with Crippen LogP contribution in [0.3, 0.4) is 0 Å². The minimum Gasteiger partial charge on any atom is -0.449 e. The van der Waals surface area contributed by atoms with E-state index >= 15 is 0 Å². The molecule has 9 heteroatoms. The monoisotopic (exact) mass is 381 g/mol. The van der Waals surface area contributed by atoms with Gasteiger partial charge in [0.05, 0.1) is 27.8 Å². The van der Waals surface area contributed by atoms with Gasteiger partial charge < -0.3 is 25.0 Å². The maximum absolute atomic E-state index is 14.8. The summed E-state index contributed by atoms with van der Waals surface area (Å²) in [6, 6.07) is 1.13. The number of pyridine rings is 1. The molecule has 7 nitrogen and oxygen atoms in total. The second-order valence-corrected chi connectivity index (χ2v) is 7.12. The Morgan fingerprint density at radius 1 is 1.38 bits per heavy atom. The number of carbonyl (C=O) groups is 1. The standard InChI is InChI=1S/C17H17ClFN3O4/c18-13-14-10(5-11(19)15(13)21-4-3-8(20)6-21)16(23)12(26-17(24)25)7-22(14)9-1-2-9/h5,7-9H,1-4,6,20H2,(H,24,25)/t8-/m0/s1. The Bertz CT molecular complexity index is 973. The zero-order valence-corrected chi connectivity index (χ0v) is 14.5. The van der Waals surface area contributed by atoms with Crippen molar-refractivity contribution >= 4 is 34.3 Å². The van der Waals surface area contributed by atoms with E-state index in [1.165, 1.54) is 6.20 Å². The lowest BCUT2D eigenvalue weighted by Crippen LogP contribution is -2.27. The average molecular weight is 382 g/mol. The molecule has 3 N–H and O–H groups in total. The lowest BCUT2D eigenvalue weighted by Gasteiger charge is -2.23. The van der Waals surface area contributed by atoms with Crippen LogP contribution in [0.5, 0.6) is 5.75 Å². The summed E-state index contributed by atoms with van der Waals surface area (Å²) in [5.41, 5.74) is 5.84. The molecule has 0 amide bonds. The van der Waals surface area contributed by atoms with E-state index in [0.717, 1.165) is 25.3 Å². The number of aromatic nitrogens is 1. The number of nitrogens with zero attached hydrogens (tertiary/aromatic N) is 2. The summed E-state index contributed by atoms with van der Waals surface area (Å²) in [6.07, 6.45) is 2.21. The van der Waals surface area contributed by atoms with Crippen LogP contribution in [-0.4, -0.2) is 35.0 Å². The molecule has 1 aromatic carbocycles. The SMILES string of the molecule is N[C@H]1CCN(c2c(F)cc3c(=O)c(OC(=O)O)cn(C4CC4)c3c2Cl)C1. The van der Waals surface area contributed by atoms with Gasteiger partial charge in [0.1, 0.15) is 5.82 Å². The molecular formula is C17H17ClFN3O4. The Hall–Kier alpha value is -2.32. The third kappa shape index (κ3) is 2.79. The van der Waals surface area contributed by atoms with Gasteiger partial charge in [-0.25, -0.2) is 9.18 Å². The van der Waals surface area contributed by atoms with Crippen molar-refractivity contribution in [1.29, 1.82) is 0 Å². The molecule has 0 radical (unpaired) electrons. The number of hydrogen-bond donors (Lipinski definition) is 2. The average Bonchev–Trinajstić information content (AvgIpc) is 3.32. The summed E-state index contributed by atoms with van der Waals surface area (Å²) in [7, 11) is 0. The molecule has 0 unspecified atom stereocenters. The Kier molecular flexibility index (Phi) is 4.04. The van der Waals surface area contributed by atoms with E-state index in [1.807, 2.05) is 0 Å². The van der Waals surface area contributed by atoms with Gasteiger partial charge in [-0.15, -0.1) is 0 Å². The van der Waals surface area contributed by atoms with Gasteiger partial charge in [0.25, 0.3) is 0 Å². The van der Waals surface area contributed by atoms with E-state index in [1.54, 1.807) is 9.47 Å². The van der Waals surface area contributed by atoms with Gasteiger partial charge in [-0.1, -0.05) is 11.6 Å². The van der Waals surface area contributed by atoms with Crippen LogP contribution in [0.15, 0.2) is 17.1 Å². The Morgan fingerprint density at radius 3 is 2.69 bits per heavy atom. The van der Waals surface area contributed by atoms with Gasteiger partial charge in [0.2, 0.25) is 5.43 Å². The predicted molar refractivity (Wildman–Crippen MR) is 94.9 cm³/mol. The molecule has 1 saturated carbocycles. The smallest absolute Gasteiger partial charge is 0.449 e. The summed E-state index contributed by atoms with van der Waals surface area (Å²) in [5.74, 6) is -0.994. The summed E-state index contributed by atoms with van der Waals surface area (Å²) in [5, 5.41) is 8.99. The molecule has 2 aliphatic rings. The van der Waals surface area contributed by atoms with Crippen LogP contribution in [0.1, 0.15) is 25.3 Å². The second kappa shape index (κ2) is 6.14. The molecule has 1 aliphatic heterocycles. The topological polar surface area (TPSA) is 97.8 Å². The predicted octanol–water partition coefficient (Wildman–Crippen LogP) is 2.72. The number of carboxylic acid groups (broad SMARTS) is 1. The van der Waals surface area contributed by atoms with Crippen molar-refractivity contribution in [2.45, 2.75) is 31.3 Å². The lowest BCUT2D eigenvalue weighted by molar-refractivity contribution is 0.143. The van der Waals surface area contributed by atoms with Crippen LogP contribution >= 0.6 is 11.6 Å². The minimum absolute atomic E-state index is 0.00500. The van der Waals surface area contributed by atoms with Crippen molar-refractivity contribution < 1.29 is 19.0 Å². The molecule has 26 heavy (non-hydrogen) atoms. The highest BCUT2D eigenvalue weighted by molar-refractivity contribution is 6.38. The normalized spacial score (nSPS) is 20.0. The van der Waals surface area contributed by atoms with Crippen LogP contribution in [-0.2, 0) is 0 Å². The second-order valence-electron chi connectivity index (χ2n) is 6.74. The van der Waals surface area contributed by atoms with Crippen molar-refractivity contribution in [3.05, 3.63) is 33.3 Å². The van der Waals surface area contributed by atoms with Gasteiger partial charge in [-0.2, -0.15) is 0 Å². The zero-order chi connectivity index (χ0) is 18.6. The lowest BCUT2D eigenvalue weighted by atomic mass is 10.1. The summed E-state index contributed by atoms with van der Waals surface area (Å²) >= 11 is 6.54. The van der Waals surface area contributed by atoms with Crippen LogP contribution in [0.2, 0.25) is 5.02 Å². The van der Waals surface area contributed by atoms with Gasteiger partial charge >= 0.3 is 6.16 Å². The largest absolute Gasteiger partial charge is 0.511 e. The van der Waals surface area contributed by atoms with Crippen molar-refractivity contribution in [3.63, 3.8) is 0 Å². The highest BCUT2D eigenvalue weighted by Crippen LogP contribution is 2.43. The molecule has 1 atom stereocenters. The maximum Gasteiger partial charge on any atom is 0.511 e. The molecule has 4 rings (SSSR count). The van der Waals surface area contributed by atoms with Crippen LogP contribution < -0.4 is 20.8 Å². The Balaban J connectivity index is 1.97. The molecule has 1 saturated heterocycles. The Labute approximate surface area is 152 Å². The molecule has 2 aromatic rings. The molecule has 138 valence electrons. The quantitative estimate of drug-likeness (QED) is 0.793. The molecule has 1 aliphatic carbocycles. The highest BCUT2D eigenvalue weighted by Gasteiger charge is 2.31. The fraction of sp³-hybridized carbons (Fsp3) is 0.412. The first-order valence-electron chi connectivity index (χ1n) is 8.35. The molecule has 0 bridgehead atoms. The number of rotatable bonds is 3. The fourth-order valence-electron chi connectivity index (χ4n) is 3.49. The van der Waals surface area contributed by atoms with Crippen LogP contribution in [0.25, 0.3) is 10.9 Å². The van der Waals surface area contributed by atoms with Gasteiger partial charge in [-0.3, -0.25) is 4.79 Å². The van der Waals surface area contributed by atoms with E-state index in [4.69, 9.17) is 22.4 Å². The van der Waals surface area contributed by atoms with E-state index < -0.39 is 17.4 Å².